The lowest BCUT2D eigenvalue weighted by Gasteiger charge is -2.16. The highest BCUT2D eigenvalue weighted by Gasteiger charge is 2.12. The fourth-order valence-corrected chi connectivity index (χ4v) is 1.83. The Morgan fingerprint density at radius 3 is 2.47 bits per heavy atom. The van der Waals surface area contributed by atoms with Gasteiger partial charge < -0.3 is 15.2 Å². The molecule has 1 aromatic rings. The van der Waals surface area contributed by atoms with Crippen molar-refractivity contribution in [2.45, 2.75) is 39.7 Å². The van der Waals surface area contributed by atoms with Gasteiger partial charge in [0, 0.05) is 13.0 Å². The van der Waals surface area contributed by atoms with E-state index >= 15 is 0 Å². The van der Waals surface area contributed by atoms with Crippen molar-refractivity contribution in [1.82, 2.24) is 0 Å². The van der Waals surface area contributed by atoms with Crippen LogP contribution in [0.25, 0.3) is 0 Å². The third-order valence-electron chi connectivity index (χ3n) is 2.92. The lowest BCUT2D eigenvalue weighted by Crippen LogP contribution is -2.12. The Labute approximate surface area is 114 Å². The van der Waals surface area contributed by atoms with Crippen molar-refractivity contribution in [3.05, 3.63) is 23.8 Å². The molecule has 0 saturated heterocycles. The number of methoxy groups -OCH3 is 1. The molecular formula is C15H23NO3. The fraction of sp³-hybridized carbons (Fsp3) is 0.533. The van der Waals surface area contributed by atoms with Crippen molar-refractivity contribution >= 4 is 5.97 Å². The minimum Gasteiger partial charge on any atom is -0.493 e. The summed E-state index contributed by atoms with van der Waals surface area (Å²) in [5, 5.41) is 0. The first-order valence-corrected chi connectivity index (χ1v) is 6.56. The topological polar surface area (TPSA) is 61.6 Å². The van der Waals surface area contributed by atoms with Crippen molar-refractivity contribution in [2.75, 3.05) is 7.11 Å². The standard InChI is InChI=1S/C15H23NO3/c1-10(2)5-7-13(16)12-6-8-14(19-11(3)17)15(9-12)18-4/h6,8-10,13H,5,7,16H2,1-4H3/t13-/m1/s1. The Bertz CT molecular complexity index is 429. The van der Waals surface area contributed by atoms with Crippen molar-refractivity contribution in [3.8, 4) is 11.5 Å². The molecule has 0 aliphatic rings. The lowest BCUT2D eigenvalue weighted by molar-refractivity contribution is -0.132. The van der Waals surface area contributed by atoms with Gasteiger partial charge in [0.1, 0.15) is 0 Å². The monoisotopic (exact) mass is 265 g/mol. The van der Waals surface area contributed by atoms with Crippen LogP contribution in [0.1, 0.15) is 45.2 Å². The molecule has 0 bridgehead atoms. The van der Waals surface area contributed by atoms with Crippen LogP contribution < -0.4 is 15.2 Å². The van der Waals surface area contributed by atoms with E-state index < -0.39 is 0 Å². The van der Waals surface area contributed by atoms with Gasteiger partial charge in [-0.2, -0.15) is 0 Å². The summed E-state index contributed by atoms with van der Waals surface area (Å²) in [6, 6.07) is 5.42. The highest BCUT2D eigenvalue weighted by molar-refractivity contribution is 5.70. The second kappa shape index (κ2) is 7.14. The molecule has 4 nitrogen and oxygen atoms in total. The first kappa shape index (κ1) is 15.5. The minimum absolute atomic E-state index is 0.0253. The van der Waals surface area contributed by atoms with Crippen molar-refractivity contribution in [2.24, 2.45) is 11.7 Å². The van der Waals surface area contributed by atoms with Gasteiger partial charge in [-0.05, 0) is 36.5 Å². The number of nitrogens with two attached hydrogens (primary N) is 1. The second-order valence-corrected chi connectivity index (χ2v) is 5.08. The summed E-state index contributed by atoms with van der Waals surface area (Å²) >= 11 is 0. The van der Waals surface area contributed by atoms with Crippen LogP contribution in [0.3, 0.4) is 0 Å². The van der Waals surface area contributed by atoms with Crippen LogP contribution in [0.5, 0.6) is 11.5 Å². The lowest BCUT2D eigenvalue weighted by atomic mass is 9.98. The summed E-state index contributed by atoms with van der Waals surface area (Å²) < 4.78 is 10.3. The summed E-state index contributed by atoms with van der Waals surface area (Å²) in [7, 11) is 1.55. The summed E-state index contributed by atoms with van der Waals surface area (Å²) in [5.74, 6) is 1.23. The number of rotatable bonds is 6. The van der Waals surface area contributed by atoms with Gasteiger partial charge in [-0.15, -0.1) is 0 Å². The van der Waals surface area contributed by atoms with Crippen molar-refractivity contribution < 1.29 is 14.3 Å². The molecule has 0 spiro atoms. The molecule has 0 fully saturated rings. The molecule has 0 heterocycles. The molecule has 106 valence electrons. The molecule has 4 heteroatoms. The highest BCUT2D eigenvalue weighted by atomic mass is 16.6. The van der Waals surface area contributed by atoms with E-state index in [0.29, 0.717) is 17.4 Å². The number of hydrogen-bond donors (Lipinski definition) is 1. The van der Waals surface area contributed by atoms with E-state index in [1.165, 1.54) is 6.92 Å². The largest absolute Gasteiger partial charge is 0.493 e. The van der Waals surface area contributed by atoms with Gasteiger partial charge in [0.05, 0.1) is 7.11 Å². The fourth-order valence-electron chi connectivity index (χ4n) is 1.83. The molecule has 0 saturated carbocycles. The number of carbonyl (C=O) groups is 1. The summed E-state index contributed by atoms with van der Waals surface area (Å²) in [4.78, 5) is 11.0. The molecule has 0 aliphatic heterocycles. The number of hydrogen-bond acceptors (Lipinski definition) is 4. The Morgan fingerprint density at radius 2 is 1.95 bits per heavy atom. The maximum absolute atomic E-state index is 11.0. The van der Waals surface area contributed by atoms with E-state index in [2.05, 4.69) is 13.8 Å². The molecule has 1 atom stereocenters. The molecule has 1 rings (SSSR count). The van der Waals surface area contributed by atoms with Crippen LogP contribution in [0.4, 0.5) is 0 Å². The van der Waals surface area contributed by atoms with Crippen LogP contribution >= 0.6 is 0 Å². The molecule has 0 aromatic heterocycles. The maximum Gasteiger partial charge on any atom is 0.308 e. The molecule has 0 amide bonds. The Kier molecular flexibility index (Phi) is 5.83. The Hall–Kier alpha value is -1.55. The zero-order chi connectivity index (χ0) is 14.4. The van der Waals surface area contributed by atoms with Crippen molar-refractivity contribution in [1.29, 1.82) is 0 Å². The SMILES string of the molecule is COc1cc([C@H](N)CCC(C)C)ccc1OC(C)=O. The van der Waals surface area contributed by atoms with E-state index in [1.807, 2.05) is 12.1 Å². The second-order valence-electron chi connectivity index (χ2n) is 5.08. The molecule has 0 radical (unpaired) electrons. The Balaban J connectivity index is 2.83. The summed E-state index contributed by atoms with van der Waals surface area (Å²) in [6.45, 7) is 5.72. The number of esters is 1. The average Bonchev–Trinajstić information content (AvgIpc) is 2.35. The molecule has 1 aromatic carbocycles. The van der Waals surface area contributed by atoms with E-state index in [0.717, 1.165) is 18.4 Å². The van der Waals surface area contributed by atoms with Gasteiger partial charge in [-0.1, -0.05) is 19.9 Å². The summed E-state index contributed by atoms with van der Waals surface area (Å²) in [5.41, 5.74) is 7.15. The molecule has 2 N–H and O–H groups in total. The van der Waals surface area contributed by atoms with Crippen LogP contribution in [-0.2, 0) is 4.79 Å². The van der Waals surface area contributed by atoms with Gasteiger partial charge in [0.25, 0.3) is 0 Å². The number of benzene rings is 1. The smallest absolute Gasteiger partial charge is 0.308 e. The van der Waals surface area contributed by atoms with E-state index in [-0.39, 0.29) is 12.0 Å². The van der Waals surface area contributed by atoms with Crippen LogP contribution in [0.15, 0.2) is 18.2 Å². The van der Waals surface area contributed by atoms with Gasteiger partial charge in [0.15, 0.2) is 11.5 Å². The first-order chi connectivity index (χ1) is 8.93. The highest BCUT2D eigenvalue weighted by Crippen LogP contribution is 2.31. The van der Waals surface area contributed by atoms with Crippen LogP contribution in [-0.4, -0.2) is 13.1 Å². The normalized spacial score (nSPS) is 12.3. The Morgan fingerprint density at radius 1 is 1.26 bits per heavy atom. The average molecular weight is 265 g/mol. The summed E-state index contributed by atoms with van der Waals surface area (Å²) in [6.07, 6.45) is 2.00. The third kappa shape index (κ3) is 4.91. The molecule has 19 heavy (non-hydrogen) atoms. The predicted molar refractivity (Wildman–Crippen MR) is 75.3 cm³/mol. The number of ether oxygens (including phenoxy) is 2. The maximum atomic E-state index is 11.0. The van der Waals surface area contributed by atoms with E-state index in [9.17, 15) is 4.79 Å². The van der Waals surface area contributed by atoms with Crippen LogP contribution in [0.2, 0.25) is 0 Å². The first-order valence-electron chi connectivity index (χ1n) is 6.56. The zero-order valence-electron chi connectivity index (χ0n) is 12.1. The van der Waals surface area contributed by atoms with Crippen LogP contribution in [0, 0.1) is 5.92 Å². The molecule has 0 unspecified atom stereocenters. The quantitative estimate of drug-likeness (QED) is 0.634. The van der Waals surface area contributed by atoms with Gasteiger partial charge >= 0.3 is 5.97 Å². The van der Waals surface area contributed by atoms with Crippen molar-refractivity contribution in [3.63, 3.8) is 0 Å². The third-order valence-corrected chi connectivity index (χ3v) is 2.92. The van der Waals surface area contributed by atoms with E-state index in [1.54, 1.807) is 13.2 Å². The zero-order valence-corrected chi connectivity index (χ0v) is 12.1. The molecular weight excluding hydrogens is 242 g/mol. The van der Waals surface area contributed by atoms with Gasteiger partial charge in [0.2, 0.25) is 0 Å². The molecule has 0 aliphatic carbocycles. The minimum atomic E-state index is -0.366. The van der Waals surface area contributed by atoms with Gasteiger partial charge in [-0.25, -0.2) is 0 Å². The number of carbonyl (C=O) groups excluding carboxylic acids is 1. The van der Waals surface area contributed by atoms with Gasteiger partial charge in [-0.3, -0.25) is 4.79 Å². The van der Waals surface area contributed by atoms with E-state index in [4.69, 9.17) is 15.2 Å². The predicted octanol–water partition coefficient (Wildman–Crippen LogP) is 3.06.